The maximum atomic E-state index is 12.8. The number of anilines is 1. The molecule has 0 spiro atoms. The van der Waals surface area contributed by atoms with Crippen LogP contribution >= 0.6 is 11.6 Å². The lowest BCUT2D eigenvalue weighted by molar-refractivity contribution is -0.137. The zero-order valence-corrected chi connectivity index (χ0v) is 15.9. The minimum Gasteiger partial charge on any atom is -0.497 e. The second kappa shape index (κ2) is 9.28. The number of hydrogen-bond acceptors (Lipinski definition) is 5. The van der Waals surface area contributed by atoms with Crippen LogP contribution in [0.5, 0.6) is 11.5 Å². The molecule has 0 atom stereocenters. The second-order valence-corrected chi connectivity index (χ2v) is 5.86. The molecule has 0 aliphatic carbocycles. The van der Waals surface area contributed by atoms with E-state index in [1.807, 2.05) is 10.7 Å². The highest BCUT2D eigenvalue weighted by molar-refractivity contribution is 6.39. The third-order valence-corrected chi connectivity index (χ3v) is 3.88. The topological polar surface area (TPSA) is 89.0 Å². The molecule has 29 heavy (non-hydrogen) atoms. The normalized spacial score (nSPS) is 11.2. The Kier molecular flexibility index (Phi) is 7.05. The lowest BCUT2D eigenvalue weighted by atomic mass is 10.2. The van der Waals surface area contributed by atoms with E-state index in [0.717, 1.165) is 12.1 Å². The van der Waals surface area contributed by atoms with Crippen molar-refractivity contribution < 1.29 is 32.2 Å². The first kappa shape index (κ1) is 22.0. The van der Waals surface area contributed by atoms with Crippen LogP contribution in [0.3, 0.4) is 0 Å². The zero-order chi connectivity index (χ0) is 21.6. The van der Waals surface area contributed by atoms with Gasteiger partial charge in [-0.3, -0.25) is 9.59 Å². The monoisotopic (exact) mass is 429 g/mol. The summed E-state index contributed by atoms with van der Waals surface area (Å²) in [6, 6.07) is 7.56. The van der Waals surface area contributed by atoms with Crippen LogP contribution in [0, 0.1) is 0 Å². The van der Waals surface area contributed by atoms with Crippen LogP contribution in [0.15, 0.2) is 41.5 Å². The molecular weight excluding hydrogens is 415 g/mol. The van der Waals surface area contributed by atoms with Crippen molar-refractivity contribution in [3.63, 3.8) is 0 Å². The Bertz CT molecular complexity index is 948. The number of alkyl halides is 3. The summed E-state index contributed by atoms with van der Waals surface area (Å²) < 4.78 is 48.8. The molecule has 0 aromatic heterocycles. The number of rotatable bonds is 5. The minimum atomic E-state index is -4.71. The number of amides is 2. The molecule has 2 N–H and O–H groups in total. The number of methoxy groups -OCH3 is 2. The van der Waals surface area contributed by atoms with Crippen LogP contribution in [0.4, 0.5) is 18.9 Å². The van der Waals surface area contributed by atoms with Gasteiger partial charge in [-0.1, -0.05) is 11.6 Å². The van der Waals surface area contributed by atoms with E-state index in [1.54, 1.807) is 18.2 Å². The van der Waals surface area contributed by atoms with E-state index in [0.29, 0.717) is 23.1 Å². The summed E-state index contributed by atoms with van der Waals surface area (Å²) >= 11 is 5.50. The number of halogens is 4. The van der Waals surface area contributed by atoms with Gasteiger partial charge in [0.05, 0.1) is 31.0 Å². The molecule has 7 nitrogen and oxygen atoms in total. The van der Waals surface area contributed by atoms with E-state index < -0.39 is 28.6 Å². The maximum Gasteiger partial charge on any atom is 0.417 e. The van der Waals surface area contributed by atoms with Crippen LogP contribution in [0.25, 0.3) is 0 Å². The molecule has 0 aliphatic rings. The van der Waals surface area contributed by atoms with Gasteiger partial charge >= 0.3 is 18.0 Å². The van der Waals surface area contributed by atoms with Gasteiger partial charge in [0.25, 0.3) is 0 Å². The second-order valence-electron chi connectivity index (χ2n) is 5.45. The molecule has 0 bridgehead atoms. The Balaban J connectivity index is 2.03. The third-order valence-electron chi connectivity index (χ3n) is 3.55. The van der Waals surface area contributed by atoms with Crippen LogP contribution < -0.4 is 20.2 Å². The summed E-state index contributed by atoms with van der Waals surface area (Å²) in [6.45, 7) is 0. The van der Waals surface area contributed by atoms with Gasteiger partial charge < -0.3 is 14.8 Å². The fraction of sp³-hybridized carbons (Fsp3) is 0.167. The smallest absolute Gasteiger partial charge is 0.417 e. The fourth-order valence-electron chi connectivity index (χ4n) is 2.14. The van der Waals surface area contributed by atoms with Gasteiger partial charge in [-0.2, -0.15) is 18.3 Å². The van der Waals surface area contributed by atoms with Gasteiger partial charge in [0.15, 0.2) is 0 Å². The van der Waals surface area contributed by atoms with E-state index in [2.05, 4.69) is 5.10 Å². The van der Waals surface area contributed by atoms with Crippen molar-refractivity contribution in [2.45, 2.75) is 6.18 Å². The molecule has 0 radical (unpaired) electrons. The number of nitrogens with one attached hydrogen (secondary N) is 2. The molecule has 154 valence electrons. The molecular formula is C18H15ClF3N3O4. The molecule has 2 amide bonds. The highest BCUT2D eigenvalue weighted by Gasteiger charge is 2.33. The summed E-state index contributed by atoms with van der Waals surface area (Å²) in [4.78, 5) is 23.7. The number of carbonyl (C=O) groups excluding carboxylic acids is 2. The first-order chi connectivity index (χ1) is 13.7. The maximum absolute atomic E-state index is 12.8. The summed E-state index contributed by atoms with van der Waals surface area (Å²) in [5.41, 5.74) is 1.07. The van der Waals surface area contributed by atoms with Crippen molar-refractivity contribution in [3.05, 3.63) is 52.5 Å². The van der Waals surface area contributed by atoms with Crippen LogP contribution in [0.2, 0.25) is 5.02 Å². The molecule has 0 saturated carbocycles. The number of carbonyl (C=O) groups is 2. The molecule has 0 unspecified atom stereocenters. The largest absolute Gasteiger partial charge is 0.497 e. The summed E-state index contributed by atoms with van der Waals surface area (Å²) in [7, 11) is 2.92. The third kappa shape index (κ3) is 5.85. The Morgan fingerprint density at radius 3 is 2.41 bits per heavy atom. The molecule has 2 rings (SSSR count). The SMILES string of the molecule is COc1ccc(/C=N/NC(=O)C(=O)Nc2ccc(Cl)c(C(F)(F)F)c2)c(OC)c1. The van der Waals surface area contributed by atoms with E-state index in [4.69, 9.17) is 21.1 Å². The number of hydrazone groups is 1. The highest BCUT2D eigenvalue weighted by atomic mass is 35.5. The average Bonchev–Trinajstić information content (AvgIpc) is 2.68. The molecule has 0 heterocycles. The predicted octanol–water partition coefficient (Wildman–Crippen LogP) is 3.46. The van der Waals surface area contributed by atoms with Gasteiger partial charge in [-0.25, -0.2) is 5.43 Å². The van der Waals surface area contributed by atoms with E-state index in [1.165, 1.54) is 20.4 Å². The quantitative estimate of drug-likeness (QED) is 0.433. The molecule has 0 saturated heterocycles. The van der Waals surface area contributed by atoms with E-state index in [-0.39, 0.29) is 5.69 Å². The van der Waals surface area contributed by atoms with E-state index in [9.17, 15) is 22.8 Å². The van der Waals surface area contributed by atoms with Crippen LogP contribution in [-0.4, -0.2) is 32.2 Å². The van der Waals surface area contributed by atoms with Crippen molar-refractivity contribution in [2.24, 2.45) is 5.10 Å². The molecule has 2 aromatic carbocycles. The number of hydrogen-bond donors (Lipinski definition) is 2. The summed E-state index contributed by atoms with van der Waals surface area (Å²) in [6.07, 6.45) is -3.48. The van der Waals surface area contributed by atoms with Crippen molar-refractivity contribution >= 4 is 35.3 Å². The Labute approximate surface area is 168 Å². The van der Waals surface area contributed by atoms with Gasteiger partial charge in [0.1, 0.15) is 11.5 Å². The Hall–Kier alpha value is -3.27. The summed E-state index contributed by atoms with van der Waals surface area (Å²) in [5, 5.41) is 5.15. The minimum absolute atomic E-state index is 0.248. The number of nitrogens with zero attached hydrogens (tertiary/aromatic N) is 1. The number of benzene rings is 2. The van der Waals surface area contributed by atoms with Crippen molar-refractivity contribution in [3.8, 4) is 11.5 Å². The molecule has 2 aromatic rings. The predicted molar refractivity (Wildman–Crippen MR) is 100 cm³/mol. The van der Waals surface area contributed by atoms with Gasteiger partial charge in [-0.15, -0.1) is 0 Å². The van der Waals surface area contributed by atoms with Gasteiger partial charge in [0.2, 0.25) is 0 Å². The standard InChI is InChI=1S/C18H15ClF3N3O4/c1-28-12-5-3-10(15(8-12)29-2)9-23-25-17(27)16(26)24-11-4-6-14(19)13(7-11)18(20,21)22/h3-9H,1-2H3,(H,24,26)(H,25,27)/b23-9+. The van der Waals surface area contributed by atoms with E-state index >= 15 is 0 Å². The van der Waals surface area contributed by atoms with Crippen LogP contribution in [0.1, 0.15) is 11.1 Å². The average molecular weight is 430 g/mol. The fourth-order valence-corrected chi connectivity index (χ4v) is 2.37. The first-order valence-electron chi connectivity index (χ1n) is 7.89. The molecule has 0 aliphatic heterocycles. The Morgan fingerprint density at radius 2 is 1.79 bits per heavy atom. The lowest BCUT2D eigenvalue weighted by Crippen LogP contribution is -2.32. The number of ether oxygens (including phenoxy) is 2. The molecule has 11 heteroatoms. The van der Waals surface area contributed by atoms with Crippen LogP contribution in [-0.2, 0) is 15.8 Å². The first-order valence-corrected chi connectivity index (χ1v) is 8.26. The zero-order valence-electron chi connectivity index (χ0n) is 15.1. The van der Waals surface area contributed by atoms with Crippen molar-refractivity contribution in [1.82, 2.24) is 5.43 Å². The van der Waals surface area contributed by atoms with Gasteiger partial charge in [0, 0.05) is 17.3 Å². The van der Waals surface area contributed by atoms with Crippen molar-refractivity contribution in [1.29, 1.82) is 0 Å². The van der Waals surface area contributed by atoms with Gasteiger partial charge in [-0.05, 0) is 30.3 Å². The summed E-state index contributed by atoms with van der Waals surface area (Å²) in [5.74, 6) is -1.44. The Morgan fingerprint density at radius 1 is 1.07 bits per heavy atom. The lowest BCUT2D eigenvalue weighted by Gasteiger charge is -2.11. The van der Waals surface area contributed by atoms with Crippen molar-refractivity contribution in [2.75, 3.05) is 19.5 Å². The highest BCUT2D eigenvalue weighted by Crippen LogP contribution is 2.36. The molecule has 0 fully saturated rings.